The number of benzene rings is 2. The highest BCUT2D eigenvalue weighted by Gasteiger charge is 2.15. The van der Waals surface area contributed by atoms with Crippen molar-refractivity contribution in [3.8, 4) is 0 Å². The molecule has 0 saturated carbocycles. The van der Waals surface area contributed by atoms with Gasteiger partial charge in [-0.1, -0.05) is 54.0 Å². The van der Waals surface area contributed by atoms with Gasteiger partial charge >= 0.3 is 0 Å². The standard InChI is InChI=1S/C18H18ClN3O2/c1-2-17-21-16(22-24-17)11-20-15-9-8-13(19)10-14(15)18(23)12-6-4-3-5-7-12/h3-10,18,20,23H,2,11H2,1H3/t18-/m1/s1. The fourth-order valence-electron chi connectivity index (χ4n) is 2.42. The van der Waals surface area contributed by atoms with Crippen LogP contribution in [0.1, 0.15) is 35.9 Å². The Morgan fingerprint density at radius 2 is 2.00 bits per heavy atom. The van der Waals surface area contributed by atoms with Gasteiger partial charge in [-0.2, -0.15) is 4.98 Å². The van der Waals surface area contributed by atoms with Crippen LogP contribution in [-0.2, 0) is 13.0 Å². The minimum atomic E-state index is -0.774. The maximum absolute atomic E-state index is 10.7. The van der Waals surface area contributed by atoms with Gasteiger partial charge in [-0.25, -0.2) is 0 Å². The van der Waals surface area contributed by atoms with E-state index in [4.69, 9.17) is 16.1 Å². The summed E-state index contributed by atoms with van der Waals surface area (Å²) in [5.41, 5.74) is 2.28. The zero-order valence-corrected chi connectivity index (χ0v) is 14.0. The number of anilines is 1. The first-order valence-electron chi connectivity index (χ1n) is 7.75. The Balaban J connectivity index is 1.82. The van der Waals surface area contributed by atoms with E-state index in [1.165, 1.54) is 0 Å². The molecular weight excluding hydrogens is 326 g/mol. The largest absolute Gasteiger partial charge is 0.384 e. The first-order chi connectivity index (χ1) is 11.7. The lowest BCUT2D eigenvalue weighted by Crippen LogP contribution is -2.08. The summed E-state index contributed by atoms with van der Waals surface area (Å²) in [5, 5.41) is 18.4. The smallest absolute Gasteiger partial charge is 0.226 e. The topological polar surface area (TPSA) is 71.2 Å². The monoisotopic (exact) mass is 343 g/mol. The van der Waals surface area contributed by atoms with Crippen molar-refractivity contribution in [1.82, 2.24) is 10.1 Å². The number of aliphatic hydroxyl groups excluding tert-OH is 1. The predicted octanol–water partition coefficient (Wildman–Crippen LogP) is 3.98. The van der Waals surface area contributed by atoms with E-state index in [-0.39, 0.29) is 0 Å². The molecule has 6 heteroatoms. The van der Waals surface area contributed by atoms with Gasteiger partial charge in [0, 0.05) is 22.7 Å². The van der Waals surface area contributed by atoms with Crippen LogP contribution in [0, 0.1) is 0 Å². The number of aryl methyl sites for hydroxylation is 1. The molecule has 5 nitrogen and oxygen atoms in total. The van der Waals surface area contributed by atoms with E-state index < -0.39 is 6.10 Å². The summed E-state index contributed by atoms with van der Waals surface area (Å²) in [5.74, 6) is 1.18. The molecule has 0 saturated heterocycles. The van der Waals surface area contributed by atoms with Crippen molar-refractivity contribution in [3.63, 3.8) is 0 Å². The van der Waals surface area contributed by atoms with E-state index in [0.717, 1.165) is 11.3 Å². The highest BCUT2D eigenvalue weighted by Crippen LogP contribution is 2.31. The van der Waals surface area contributed by atoms with E-state index in [0.29, 0.717) is 35.3 Å². The highest BCUT2D eigenvalue weighted by atomic mass is 35.5. The molecule has 0 fully saturated rings. The Morgan fingerprint density at radius 3 is 2.71 bits per heavy atom. The van der Waals surface area contributed by atoms with Crippen LogP contribution in [-0.4, -0.2) is 15.2 Å². The quantitative estimate of drug-likeness (QED) is 0.708. The Hall–Kier alpha value is -2.37. The molecule has 0 amide bonds. The third kappa shape index (κ3) is 3.75. The normalized spacial score (nSPS) is 12.1. The van der Waals surface area contributed by atoms with Crippen molar-refractivity contribution in [2.75, 3.05) is 5.32 Å². The fourth-order valence-corrected chi connectivity index (χ4v) is 2.60. The first-order valence-corrected chi connectivity index (χ1v) is 8.13. The summed E-state index contributed by atoms with van der Waals surface area (Å²) in [6.45, 7) is 2.36. The summed E-state index contributed by atoms with van der Waals surface area (Å²) < 4.78 is 5.10. The number of aromatic nitrogens is 2. The zero-order chi connectivity index (χ0) is 16.9. The van der Waals surface area contributed by atoms with E-state index in [2.05, 4.69) is 15.5 Å². The van der Waals surface area contributed by atoms with Crippen LogP contribution in [0.25, 0.3) is 0 Å². The third-order valence-corrected chi connectivity index (χ3v) is 3.91. The average molecular weight is 344 g/mol. The summed E-state index contributed by atoms with van der Waals surface area (Å²) in [7, 11) is 0. The Labute approximate surface area is 145 Å². The van der Waals surface area contributed by atoms with E-state index >= 15 is 0 Å². The molecule has 0 bridgehead atoms. The molecule has 1 aromatic heterocycles. The van der Waals surface area contributed by atoms with Crippen LogP contribution in [0.3, 0.4) is 0 Å². The summed E-state index contributed by atoms with van der Waals surface area (Å²) in [4.78, 5) is 4.27. The molecule has 3 rings (SSSR count). The first kappa shape index (κ1) is 16.5. The van der Waals surface area contributed by atoms with Gasteiger partial charge in [0.05, 0.1) is 6.54 Å². The predicted molar refractivity (Wildman–Crippen MR) is 93.0 cm³/mol. The molecule has 0 aliphatic rings. The van der Waals surface area contributed by atoms with Gasteiger partial charge in [0.15, 0.2) is 5.82 Å². The lowest BCUT2D eigenvalue weighted by atomic mass is 10.00. The second kappa shape index (κ2) is 7.47. The number of hydrogen-bond donors (Lipinski definition) is 2. The van der Waals surface area contributed by atoms with Crippen LogP contribution in [0.4, 0.5) is 5.69 Å². The van der Waals surface area contributed by atoms with Crippen LogP contribution < -0.4 is 5.32 Å². The van der Waals surface area contributed by atoms with Crippen LogP contribution in [0.15, 0.2) is 53.1 Å². The molecular formula is C18H18ClN3O2. The van der Waals surface area contributed by atoms with Crippen molar-refractivity contribution >= 4 is 17.3 Å². The molecule has 0 radical (unpaired) electrons. The van der Waals surface area contributed by atoms with Crippen molar-refractivity contribution in [1.29, 1.82) is 0 Å². The maximum atomic E-state index is 10.7. The van der Waals surface area contributed by atoms with Crippen molar-refractivity contribution < 1.29 is 9.63 Å². The van der Waals surface area contributed by atoms with Gasteiger partial charge in [0.25, 0.3) is 0 Å². The average Bonchev–Trinajstić information content (AvgIpc) is 3.09. The molecule has 0 unspecified atom stereocenters. The number of nitrogens with one attached hydrogen (secondary N) is 1. The highest BCUT2D eigenvalue weighted by molar-refractivity contribution is 6.30. The molecule has 0 aliphatic carbocycles. The molecule has 1 atom stereocenters. The van der Waals surface area contributed by atoms with Gasteiger partial charge < -0.3 is 14.9 Å². The summed E-state index contributed by atoms with van der Waals surface area (Å²) >= 11 is 6.11. The molecule has 1 heterocycles. The fraction of sp³-hybridized carbons (Fsp3) is 0.222. The van der Waals surface area contributed by atoms with Crippen molar-refractivity contribution in [2.24, 2.45) is 0 Å². The Morgan fingerprint density at radius 1 is 1.21 bits per heavy atom. The second-order valence-corrected chi connectivity index (χ2v) is 5.79. The lowest BCUT2D eigenvalue weighted by molar-refractivity contribution is 0.221. The summed E-state index contributed by atoms with van der Waals surface area (Å²) in [6, 6.07) is 14.8. The number of halogens is 1. The molecule has 0 spiro atoms. The van der Waals surface area contributed by atoms with Gasteiger partial charge in [-0.15, -0.1) is 0 Å². The minimum absolute atomic E-state index is 0.402. The van der Waals surface area contributed by atoms with Gasteiger partial charge in [0.1, 0.15) is 6.10 Å². The van der Waals surface area contributed by atoms with Gasteiger partial charge in [0.2, 0.25) is 5.89 Å². The van der Waals surface area contributed by atoms with Crippen molar-refractivity contribution in [3.05, 3.63) is 76.4 Å². The van der Waals surface area contributed by atoms with E-state index in [9.17, 15) is 5.11 Å². The third-order valence-electron chi connectivity index (χ3n) is 3.67. The Kier molecular flexibility index (Phi) is 5.13. The number of hydrogen-bond acceptors (Lipinski definition) is 5. The SMILES string of the molecule is CCc1nc(CNc2ccc(Cl)cc2[C@H](O)c2ccccc2)no1. The molecule has 124 valence electrons. The van der Waals surface area contributed by atoms with Crippen molar-refractivity contribution in [2.45, 2.75) is 26.0 Å². The molecule has 2 N–H and O–H groups in total. The minimum Gasteiger partial charge on any atom is -0.384 e. The maximum Gasteiger partial charge on any atom is 0.226 e. The molecule has 2 aromatic carbocycles. The molecule has 0 aliphatic heterocycles. The van der Waals surface area contributed by atoms with Crippen LogP contribution >= 0.6 is 11.6 Å². The number of nitrogens with zero attached hydrogens (tertiary/aromatic N) is 2. The number of rotatable bonds is 6. The van der Waals surface area contributed by atoms with E-state index in [1.807, 2.05) is 43.3 Å². The van der Waals surface area contributed by atoms with Gasteiger partial charge in [-0.3, -0.25) is 0 Å². The lowest BCUT2D eigenvalue weighted by Gasteiger charge is -2.17. The zero-order valence-electron chi connectivity index (χ0n) is 13.2. The summed E-state index contributed by atoms with van der Waals surface area (Å²) in [6.07, 6.45) is -0.0739. The van der Waals surface area contributed by atoms with E-state index in [1.54, 1.807) is 12.1 Å². The second-order valence-electron chi connectivity index (χ2n) is 5.36. The number of aliphatic hydroxyl groups is 1. The van der Waals surface area contributed by atoms with Crippen LogP contribution in [0.2, 0.25) is 5.02 Å². The van der Waals surface area contributed by atoms with Crippen LogP contribution in [0.5, 0.6) is 0 Å². The molecule has 3 aromatic rings. The van der Waals surface area contributed by atoms with Gasteiger partial charge in [-0.05, 0) is 23.8 Å². The molecule has 24 heavy (non-hydrogen) atoms. The Bertz CT molecular complexity index is 805.